The number of carboxylic acids is 1. The molecule has 0 saturated carbocycles. The van der Waals surface area contributed by atoms with Gasteiger partial charge in [0.1, 0.15) is 17.4 Å². The van der Waals surface area contributed by atoms with Crippen molar-refractivity contribution in [1.82, 2.24) is 4.90 Å². The molecule has 7 nitrogen and oxygen atoms in total. The van der Waals surface area contributed by atoms with Crippen LogP contribution in [0.15, 0.2) is 18.2 Å². The number of benzene rings is 1. The number of primary amides is 1. The van der Waals surface area contributed by atoms with Crippen molar-refractivity contribution in [2.45, 2.75) is 18.9 Å². The summed E-state index contributed by atoms with van der Waals surface area (Å²) in [6, 6.07) is 2.14. The number of hydrogen-bond donors (Lipinski definition) is 3. The average molecular weight is 295 g/mol. The van der Waals surface area contributed by atoms with E-state index >= 15 is 0 Å². The predicted octanol–water partition coefficient (Wildman–Crippen LogP) is 1.01. The van der Waals surface area contributed by atoms with Gasteiger partial charge in [-0.25, -0.2) is 14.0 Å². The van der Waals surface area contributed by atoms with Crippen LogP contribution in [0.3, 0.4) is 0 Å². The second kappa shape index (κ2) is 5.78. The number of hydrogen-bond acceptors (Lipinski definition) is 3. The Hall–Kier alpha value is -2.64. The molecule has 0 radical (unpaired) electrons. The highest BCUT2D eigenvalue weighted by molar-refractivity contribution is 6.01. The summed E-state index contributed by atoms with van der Waals surface area (Å²) in [6.45, 7) is 0.331. The molecule has 1 aromatic carbocycles. The molecule has 1 heterocycles. The SMILES string of the molecule is NC(=O)C1CCCN1C(=O)Nc1cccc(F)c1C(=O)O. The van der Waals surface area contributed by atoms with E-state index in [2.05, 4.69) is 5.32 Å². The normalized spacial score (nSPS) is 17.6. The first-order valence-electron chi connectivity index (χ1n) is 6.30. The standard InChI is InChI=1S/C13H14FN3O4/c14-7-3-1-4-8(10(7)12(19)20)16-13(21)17-6-2-5-9(17)11(15)18/h1,3-4,9H,2,5-6H2,(H2,15,18)(H,16,21)(H,19,20). The Labute approximate surface area is 119 Å². The maximum Gasteiger partial charge on any atom is 0.340 e. The van der Waals surface area contributed by atoms with Crippen LogP contribution in [0.2, 0.25) is 0 Å². The van der Waals surface area contributed by atoms with Crippen molar-refractivity contribution in [1.29, 1.82) is 0 Å². The molecule has 1 aliphatic heterocycles. The lowest BCUT2D eigenvalue weighted by molar-refractivity contribution is -0.121. The number of aromatic carboxylic acids is 1. The third kappa shape index (κ3) is 2.93. The molecule has 2 rings (SSSR count). The van der Waals surface area contributed by atoms with Gasteiger partial charge in [-0.05, 0) is 25.0 Å². The molecule has 8 heteroatoms. The Morgan fingerprint density at radius 2 is 2.10 bits per heavy atom. The fourth-order valence-electron chi connectivity index (χ4n) is 2.34. The second-order valence-corrected chi connectivity index (χ2v) is 4.65. The molecule has 1 atom stereocenters. The predicted molar refractivity (Wildman–Crippen MR) is 71.3 cm³/mol. The lowest BCUT2D eigenvalue weighted by Crippen LogP contribution is -2.45. The fourth-order valence-corrected chi connectivity index (χ4v) is 2.34. The highest BCUT2D eigenvalue weighted by atomic mass is 19.1. The van der Waals surface area contributed by atoms with Gasteiger partial charge in [0.2, 0.25) is 5.91 Å². The van der Waals surface area contributed by atoms with Crippen molar-refractivity contribution in [3.8, 4) is 0 Å². The zero-order valence-electron chi connectivity index (χ0n) is 11.0. The van der Waals surface area contributed by atoms with Gasteiger partial charge in [-0.3, -0.25) is 4.79 Å². The van der Waals surface area contributed by atoms with Crippen molar-refractivity contribution < 1.29 is 23.9 Å². The molecule has 1 unspecified atom stereocenters. The van der Waals surface area contributed by atoms with Crippen LogP contribution in [0.1, 0.15) is 23.2 Å². The zero-order chi connectivity index (χ0) is 15.6. The van der Waals surface area contributed by atoms with Crippen molar-refractivity contribution in [3.63, 3.8) is 0 Å². The summed E-state index contributed by atoms with van der Waals surface area (Å²) in [4.78, 5) is 35.6. The molecule has 1 aliphatic rings. The highest BCUT2D eigenvalue weighted by Gasteiger charge is 2.33. The topological polar surface area (TPSA) is 113 Å². The number of nitrogens with two attached hydrogens (primary N) is 1. The Bertz CT molecular complexity index is 605. The van der Waals surface area contributed by atoms with Crippen molar-refractivity contribution in [3.05, 3.63) is 29.6 Å². The molecule has 112 valence electrons. The van der Waals surface area contributed by atoms with E-state index in [4.69, 9.17) is 10.8 Å². The van der Waals surface area contributed by atoms with E-state index in [-0.39, 0.29) is 5.69 Å². The monoisotopic (exact) mass is 295 g/mol. The number of carbonyl (C=O) groups excluding carboxylic acids is 2. The first-order valence-corrected chi connectivity index (χ1v) is 6.30. The van der Waals surface area contributed by atoms with E-state index in [0.29, 0.717) is 19.4 Å². The number of rotatable bonds is 3. The van der Waals surface area contributed by atoms with E-state index < -0.39 is 35.3 Å². The summed E-state index contributed by atoms with van der Waals surface area (Å²) >= 11 is 0. The minimum Gasteiger partial charge on any atom is -0.478 e. The third-order valence-electron chi connectivity index (χ3n) is 3.31. The summed E-state index contributed by atoms with van der Waals surface area (Å²) in [5, 5.41) is 11.3. The number of urea groups is 1. The number of carboxylic acid groups (broad SMARTS) is 1. The van der Waals surface area contributed by atoms with E-state index in [9.17, 15) is 18.8 Å². The second-order valence-electron chi connectivity index (χ2n) is 4.65. The molecule has 21 heavy (non-hydrogen) atoms. The number of carbonyl (C=O) groups is 3. The lowest BCUT2D eigenvalue weighted by atomic mass is 10.1. The maximum absolute atomic E-state index is 13.5. The molecule has 4 N–H and O–H groups in total. The van der Waals surface area contributed by atoms with Gasteiger partial charge in [-0.15, -0.1) is 0 Å². The molecule has 3 amide bonds. The van der Waals surface area contributed by atoms with Crippen LogP contribution in [0, 0.1) is 5.82 Å². The molecule has 0 aromatic heterocycles. The van der Waals surface area contributed by atoms with E-state index in [0.717, 1.165) is 6.07 Å². The summed E-state index contributed by atoms with van der Waals surface area (Å²) in [5.74, 6) is -3.07. The van der Waals surface area contributed by atoms with Crippen LogP contribution in [0.4, 0.5) is 14.9 Å². The Kier molecular flexibility index (Phi) is 4.06. The van der Waals surface area contributed by atoms with Gasteiger partial charge >= 0.3 is 12.0 Å². The van der Waals surface area contributed by atoms with Crippen molar-refractivity contribution in [2.24, 2.45) is 5.73 Å². The van der Waals surface area contributed by atoms with Crippen LogP contribution in [0.25, 0.3) is 0 Å². The number of likely N-dealkylation sites (tertiary alicyclic amines) is 1. The summed E-state index contributed by atoms with van der Waals surface area (Å²) in [5.41, 5.74) is 4.42. The molecule has 0 bridgehead atoms. The molecule has 0 aliphatic carbocycles. The lowest BCUT2D eigenvalue weighted by Gasteiger charge is -2.23. The van der Waals surface area contributed by atoms with E-state index in [1.807, 2.05) is 0 Å². The summed E-state index contributed by atoms with van der Waals surface area (Å²) in [6.07, 6.45) is 1.08. The minimum absolute atomic E-state index is 0.164. The van der Waals surface area contributed by atoms with Gasteiger partial charge < -0.3 is 21.1 Å². The van der Waals surface area contributed by atoms with Crippen LogP contribution in [-0.4, -0.2) is 40.5 Å². The van der Waals surface area contributed by atoms with Gasteiger partial charge in [0, 0.05) is 6.54 Å². The fraction of sp³-hybridized carbons (Fsp3) is 0.308. The van der Waals surface area contributed by atoms with Crippen LogP contribution < -0.4 is 11.1 Å². The van der Waals surface area contributed by atoms with Crippen LogP contribution in [0.5, 0.6) is 0 Å². The molecular formula is C13H14FN3O4. The quantitative estimate of drug-likeness (QED) is 0.772. The summed E-state index contributed by atoms with van der Waals surface area (Å²) in [7, 11) is 0. The Morgan fingerprint density at radius 3 is 2.71 bits per heavy atom. The molecule has 1 aromatic rings. The van der Waals surface area contributed by atoms with Crippen molar-refractivity contribution in [2.75, 3.05) is 11.9 Å². The molecule has 1 fully saturated rings. The largest absolute Gasteiger partial charge is 0.478 e. The zero-order valence-corrected chi connectivity index (χ0v) is 11.0. The minimum atomic E-state index is -1.49. The number of nitrogens with one attached hydrogen (secondary N) is 1. The number of anilines is 1. The first-order chi connectivity index (χ1) is 9.91. The van der Waals surface area contributed by atoms with E-state index in [1.165, 1.54) is 17.0 Å². The Morgan fingerprint density at radius 1 is 1.38 bits per heavy atom. The average Bonchev–Trinajstić information content (AvgIpc) is 2.87. The van der Waals surface area contributed by atoms with Gasteiger partial charge in [0.25, 0.3) is 0 Å². The smallest absolute Gasteiger partial charge is 0.340 e. The van der Waals surface area contributed by atoms with Gasteiger partial charge in [-0.1, -0.05) is 6.07 Å². The van der Waals surface area contributed by atoms with Gasteiger partial charge in [0.05, 0.1) is 5.69 Å². The number of halogens is 1. The number of amides is 3. The Balaban J connectivity index is 2.22. The first kappa shape index (κ1) is 14.8. The third-order valence-corrected chi connectivity index (χ3v) is 3.31. The van der Waals surface area contributed by atoms with E-state index in [1.54, 1.807) is 0 Å². The van der Waals surface area contributed by atoms with Crippen LogP contribution >= 0.6 is 0 Å². The van der Waals surface area contributed by atoms with Crippen LogP contribution in [-0.2, 0) is 4.79 Å². The highest BCUT2D eigenvalue weighted by Crippen LogP contribution is 2.22. The van der Waals surface area contributed by atoms with Crippen molar-refractivity contribution >= 4 is 23.6 Å². The van der Waals surface area contributed by atoms with Gasteiger partial charge in [0.15, 0.2) is 0 Å². The maximum atomic E-state index is 13.5. The van der Waals surface area contributed by atoms with Gasteiger partial charge in [-0.2, -0.15) is 0 Å². The molecular weight excluding hydrogens is 281 g/mol. The number of nitrogens with zero attached hydrogens (tertiary/aromatic N) is 1. The molecule has 0 spiro atoms. The molecule has 1 saturated heterocycles. The summed E-state index contributed by atoms with van der Waals surface area (Å²) < 4.78 is 13.5.